The quantitative estimate of drug-likeness (QED) is 0.439. The molecular formula is C20H22N2O6S2. The maximum Gasteiger partial charge on any atom is 0.308 e. The van der Waals surface area contributed by atoms with E-state index in [1.165, 1.54) is 36.5 Å². The summed E-state index contributed by atoms with van der Waals surface area (Å²) in [6.45, 7) is 3.47. The van der Waals surface area contributed by atoms with Crippen molar-refractivity contribution in [1.82, 2.24) is 0 Å². The molecule has 2 aromatic heterocycles. The van der Waals surface area contributed by atoms with Gasteiger partial charge in [0.25, 0.3) is 0 Å². The van der Waals surface area contributed by atoms with Crippen molar-refractivity contribution in [3.8, 4) is 0 Å². The van der Waals surface area contributed by atoms with Gasteiger partial charge in [-0.1, -0.05) is 12.1 Å². The molecule has 0 atom stereocenters. The maximum atomic E-state index is 12.7. The van der Waals surface area contributed by atoms with Crippen molar-refractivity contribution < 1.29 is 27.0 Å². The summed E-state index contributed by atoms with van der Waals surface area (Å²) >= 11 is 0. The second kappa shape index (κ2) is 8.23. The Morgan fingerprint density at radius 1 is 0.900 bits per heavy atom. The summed E-state index contributed by atoms with van der Waals surface area (Å²) in [7, 11) is -7.11. The molecule has 0 aliphatic carbocycles. The minimum Gasteiger partial charge on any atom is -0.619 e. The fourth-order valence-electron chi connectivity index (χ4n) is 3.11. The van der Waals surface area contributed by atoms with Gasteiger partial charge in [0.2, 0.25) is 16.0 Å². The first kappa shape index (κ1) is 22.0. The third-order valence-corrected chi connectivity index (χ3v) is 8.08. The van der Waals surface area contributed by atoms with Gasteiger partial charge in [-0.05, 0) is 48.2 Å². The molecule has 0 saturated heterocycles. The summed E-state index contributed by atoms with van der Waals surface area (Å²) < 4.78 is 47.3. The van der Waals surface area contributed by atoms with E-state index in [0.717, 1.165) is 12.4 Å². The topological polar surface area (TPSA) is 128 Å². The van der Waals surface area contributed by atoms with Gasteiger partial charge in [-0.2, -0.15) is 20.1 Å². The van der Waals surface area contributed by atoms with Crippen molar-refractivity contribution in [2.45, 2.75) is 35.3 Å². The first-order chi connectivity index (χ1) is 14.0. The highest BCUT2D eigenvalue weighted by molar-refractivity contribution is 8.23. The number of nitrogens with zero attached hydrogens (tertiary/aromatic N) is 2. The van der Waals surface area contributed by atoms with Crippen LogP contribution < -0.4 is 9.46 Å². The molecule has 0 fully saturated rings. The number of aromatic nitrogens is 2. The highest BCUT2D eigenvalue weighted by atomic mass is 32.3. The molecule has 10 heteroatoms. The number of aryl methyl sites for hydroxylation is 2. The standard InChI is InChI=1S/C20H22N2O6S2/c1-15-11-18(14-30(27,28)20-7-3-4-9-22(20)24)16(2)10-17(15)13-29(25,26)19-6-5-8-21(23)12-19/h3-12,25-26H,13-14H2,1-2H3. The summed E-state index contributed by atoms with van der Waals surface area (Å²) in [6, 6.07) is 10.5. The molecule has 1 aromatic carbocycles. The van der Waals surface area contributed by atoms with Crippen molar-refractivity contribution >= 4 is 20.4 Å². The van der Waals surface area contributed by atoms with Crippen LogP contribution in [0.3, 0.4) is 0 Å². The van der Waals surface area contributed by atoms with Crippen LogP contribution in [0, 0.1) is 24.3 Å². The Bertz CT molecular complexity index is 1200. The summed E-state index contributed by atoms with van der Waals surface area (Å²) in [6.07, 6.45) is 3.51. The second-order valence-electron chi connectivity index (χ2n) is 7.04. The highest BCUT2D eigenvalue weighted by Crippen LogP contribution is 2.50. The predicted octanol–water partition coefficient (Wildman–Crippen LogP) is 2.85. The lowest BCUT2D eigenvalue weighted by molar-refractivity contribution is -0.646. The molecular weight excluding hydrogens is 428 g/mol. The lowest BCUT2D eigenvalue weighted by Gasteiger charge is -2.32. The molecule has 0 radical (unpaired) electrons. The molecule has 2 N–H and O–H groups in total. The molecule has 3 rings (SSSR count). The Balaban J connectivity index is 1.90. The zero-order valence-corrected chi connectivity index (χ0v) is 18.1. The van der Waals surface area contributed by atoms with Gasteiger partial charge in [0, 0.05) is 18.2 Å². The van der Waals surface area contributed by atoms with Crippen LogP contribution in [-0.4, -0.2) is 17.5 Å². The molecule has 0 unspecified atom stereocenters. The van der Waals surface area contributed by atoms with E-state index in [4.69, 9.17) is 0 Å². The molecule has 30 heavy (non-hydrogen) atoms. The van der Waals surface area contributed by atoms with Crippen LogP contribution in [0.25, 0.3) is 0 Å². The van der Waals surface area contributed by atoms with Gasteiger partial charge in [0.15, 0.2) is 12.4 Å². The van der Waals surface area contributed by atoms with Crippen molar-refractivity contribution in [2.24, 2.45) is 0 Å². The van der Waals surface area contributed by atoms with Gasteiger partial charge < -0.3 is 10.4 Å². The lowest BCUT2D eigenvalue weighted by atomic mass is 10.0. The van der Waals surface area contributed by atoms with Crippen molar-refractivity contribution in [3.63, 3.8) is 0 Å². The fraction of sp³-hybridized carbons (Fsp3) is 0.200. The average molecular weight is 451 g/mol. The largest absolute Gasteiger partial charge is 0.619 e. The molecule has 8 nitrogen and oxygen atoms in total. The second-order valence-corrected chi connectivity index (χ2v) is 11.1. The highest BCUT2D eigenvalue weighted by Gasteiger charge is 2.26. The van der Waals surface area contributed by atoms with Gasteiger partial charge in [-0.15, -0.1) is 0 Å². The zero-order valence-electron chi connectivity index (χ0n) is 16.4. The van der Waals surface area contributed by atoms with Crippen molar-refractivity contribution in [3.05, 3.63) is 93.7 Å². The third kappa shape index (κ3) is 4.73. The van der Waals surface area contributed by atoms with Crippen molar-refractivity contribution in [2.75, 3.05) is 0 Å². The summed E-state index contributed by atoms with van der Waals surface area (Å²) in [5.41, 5.74) is 2.48. The predicted molar refractivity (Wildman–Crippen MR) is 112 cm³/mol. The minimum absolute atomic E-state index is 0.101. The average Bonchev–Trinajstić information content (AvgIpc) is 2.65. The summed E-state index contributed by atoms with van der Waals surface area (Å²) in [5, 5.41) is 23.0. The van der Waals surface area contributed by atoms with Crippen LogP contribution in [-0.2, 0) is 21.3 Å². The molecule has 0 amide bonds. The van der Waals surface area contributed by atoms with Gasteiger partial charge in [-0.25, -0.2) is 8.42 Å². The molecule has 2 heterocycles. The Labute approximate surface area is 176 Å². The molecule has 3 aromatic rings. The molecule has 0 bridgehead atoms. The molecule has 160 valence electrons. The lowest BCUT2D eigenvalue weighted by Crippen LogP contribution is -2.33. The van der Waals surface area contributed by atoms with Crippen LogP contribution in [0.5, 0.6) is 0 Å². The smallest absolute Gasteiger partial charge is 0.308 e. The SMILES string of the molecule is Cc1cc(CS(=O)(=O)c2cccc[n+]2[O-])c(C)cc1CS(O)(O)c1ccc[n+]([O-])c1. The van der Waals surface area contributed by atoms with Crippen LogP contribution in [0.1, 0.15) is 22.3 Å². The monoisotopic (exact) mass is 450 g/mol. The Hall–Kier alpha value is -2.66. The third-order valence-electron chi connectivity index (χ3n) is 4.73. The number of hydrogen-bond acceptors (Lipinski definition) is 6. The van der Waals surface area contributed by atoms with Crippen LogP contribution in [0.2, 0.25) is 0 Å². The van der Waals surface area contributed by atoms with E-state index in [1.54, 1.807) is 26.0 Å². The Morgan fingerprint density at radius 3 is 2.13 bits per heavy atom. The fourth-order valence-corrected chi connectivity index (χ4v) is 6.08. The molecule has 0 saturated carbocycles. The summed E-state index contributed by atoms with van der Waals surface area (Å²) in [4.78, 5) is 0.132. The normalized spacial score (nSPS) is 12.7. The first-order valence-electron chi connectivity index (χ1n) is 8.94. The van der Waals surface area contributed by atoms with E-state index in [0.29, 0.717) is 31.7 Å². The van der Waals surface area contributed by atoms with Crippen LogP contribution in [0.15, 0.2) is 71.0 Å². The Kier molecular flexibility index (Phi) is 6.04. The van der Waals surface area contributed by atoms with E-state index in [2.05, 4.69) is 0 Å². The van der Waals surface area contributed by atoms with Gasteiger partial charge in [-0.3, -0.25) is 9.11 Å². The number of pyridine rings is 2. The van der Waals surface area contributed by atoms with Crippen LogP contribution in [0.4, 0.5) is 0 Å². The Morgan fingerprint density at radius 2 is 1.53 bits per heavy atom. The number of hydrogen-bond donors (Lipinski definition) is 2. The van der Waals surface area contributed by atoms with Gasteiger partial charge in [0.05, 0.1) is 11.5 Å². The minimum atomic E-state index is -3.86. The molecule has 0 spiro atoms. The zero-order chi connectivity index (χ0) is 22.1. The van der Waals surface area contributed by atoms with E-state index in [9.17, 15) is 27.9 Å². The maximum absolute atomic E-state index is 12.7. The van der Waals surface area contributed by atoms with Crippen molar-refractivity contribution in [1.29, 1.82) is 0 Å². The van der Waals surface area contributed by atoms with Gasteiger partial charge >= 0.3 is 5.03 Å². The van der Waals surface area contributed by atoms with E-state index in [-0.39, 0.29) is 21.4 Å². The number of rotatable bonds is 6. The van der Waals surface area contributed by atoms with Crippen LogP contribution >= 0.6 is 10.6 Å². The number of sulfone groups is 1. The van der Waals surface area contributed by atoms with E-state index < -0.39 is 20.4 Å². The summed E-state index contributed by atoms with van der Waals surface area (Å²) in [5.74, 6) is -0.451. The number of benzene rings is 1. The van der Waals surface area contributed by atoms with E-state index >= 15 is 0 Å². The molecule has 0 aliphatic heterocycles. The first-order valence-corrected chi connectivity index (χ1v) is 12.3. The van der Waals surface area contributed by atoms with E-state index in [1.807, 2.05) is 0 Å². The molecule has 0 aliphatic rings. The van der Waals surface area contributed by atoms with Gasteiger partial charge in [0.1, 0.15) is 4.90 Å².